The fraction of sp³-hybridized carbons (Fsp3) is 0.300. The van der Waals surface area contributed by atoms with Gasteiger partial charge in [0.15, 0.2) is 11.6 Å². The molecule has 2 nitrogen and oxygen atoms in total. The minimum absolute atomic E-state index is 0.0922. The topological polar surface area (TPSA) is 26.3 Å². The van der Waals surface area contributed by atoms with E-state index in [2.05, 4.69) is 4.74 Å². The summed E-state index contributed by atoms with van der Waals surface area (Å²) in [6.07, 6.45) is 0.641. The second kappa shape index (κ2) is 6.17. The predicted molar refractivity (Wildman–Crippen MR) is 49.7 cm³/mol. The van der Waals surface area contributed by atoms with Gasteiger partial charge in [0, 0.05) is 5.56 Å². The first kappa shape index (κ1) is 11.6. The van der Waals surface area contributed by atoms with E-state index in [0.717, 1.165) is 0 Å². The zero-order chi connectivity index (χ0) is 10.3. The summed E-state index contributed by atoms with van der Waals surface area (Å²) in [5, 5.41) is 0. The van der Waals surface area contributed by atoms with Crippen molar-refractivity contribution in [2.45, 2.75) is 13.8 Å². The van der Waals surface area contributed by atoms with Crippen LogP contribution in [0.5, 0.6) is 5.75 Å². The number of rotatable bonds is 2. The zero-order valence-electron chi connectivity index (χ0n) is 8.00. The maximum atomic E-state index is 12.7. The van der Waals surface area contributed by atoms with Crippen molar-refractivity contribution in [3.63, 3.8) is 0 Å². The highest BCUT2D eigenvalue weighted by molar-refractivity contribution is 5.75. The van der Waals surface area contributed by atoms with Gasteiger partial charge in [-0.05, 0) is 18.2 Å². The third kappa shape index (κ3) is 3.23. The smallest absolute Gasteiger partial charge is 0.165 e. The summed E-state index contributed by atoms with van der Waals surface area (Å²) in [4.78, 5) is 10.2. The molecule has 3 heteroatoms. The molecule has 0 spiro atoms. The molecule has 0 atom stereocenters. The quantitative estimate of drug-likeness (QED) is 0.660. The molecule has 1 aromatic carbocycles. The molecule has 0 aliphatic heterocycles. The third-order valence-electron chi connectivity index (χ3n) is 1.31. The zero-order valence-corrected chi connectivity index (χ0v) is 8.00. The van der Waals surface area contributed by atoms with Crippen LogP contribution in [0.15, 0.2) is 18.2 Å². The molecular formula is C10H13FO2. The molecule has 0 bridgehead atoms. The first-order valence-electron chi connectivity index (χ1n) is 4.06. The Kier molecular flexibility index (Phi) is 5.52. The summed E-state index contributed by atoms with van der Waals surface area (Å²) >= 11 is 0. The molecule has 72 valence electrons. The van der Waals surface area contributed by atoms with Gasteiger partial charge in [-0.15, -0.1) is 0 Å². The van der Waals surface area contributed by atoms with E-state index >= 15 is 0 Å². The van der Waals surface area contributed by atoms with Crippen LogP contribution in [0, 0.1) is 5.82 Å². The highest BCUT2D eigenvalue weighted by Crippen LogP contribution is 2.16. The summed E-state index contributed by atoms with van der Waals surface area (Å²) < 4.78 is 17.3. The summed E-state index contributed by atoms with van der Waals surface area (Å²) in [6, 6.07) is 3.94. The molecular weight excluding hydrogens is 171 g/mol. The van der Waals surface area contributed by atoms with Crippen LogP contribution >= 0.6 is 0 Å². The largest absolute Gasteiger partial charge is 0.494 e. The number of benzene rings is 1. The molecule has 1 rings (SSSR count). The standard InChI is InChI=1S/C8H7FO2.C2H6/c1-11-8-4-6(5-10)2-3-7(8)9;1-2/h2-5H,1H3;1-2H3. The van der Waals surface area contributed by atoms with Crippen molar-refractivity contribution >= 4 is 6.29 Å². The number of hydrogen-bond acceptors (Lipinski definition) is 2. The van der Waals surface area contributed by atoms with E-state index in [-0.39, 0.29) is 5.75 Å². The van der Waals surface area contributed by atoms with E-state index in [4.69, 9.17) is 0 Å². The predicted octanol–water partition coefficient (Wildman–Crippen LogP) is 2.67. The molecule has 0 amide bonds. The summed E-state index contributed by atoms with van der Waals surface area (Å²) in [6.45, 7) is 4.00. The maximum Gasteiger partial charge on any atom is 0.165 e. The number of hydrogen-bond donors (Lipinski definition) is 0. The van der Waals surface area contributed by atoms with Crippen LogP contribution in [0.1, 0.15) is 24.2 Å². The van der Waals surface area contributed by atoms with Crippen LogP contribution in [-0.2, 0) is 0 Å². The Labute approximate surface area is 77.3 Å². The Morgan fingerprint density at radius 1 is 1.38 bits per heavy atom. The summed E-state index contributed by atoms with van der Waals surface area (Å²) in [5.41, 5.74) is 0.406. The maximum absolute atomic E-state index is 12.7. The van der Waals surface area contributed by atoms with Crippen molar-refractivity contribution < 1.29 is 13.9 Å². The van der Waals surface area contributed by atoms with E-state index in [0.29, 0.717) is 11.8 Å². The van der Waals surface area contributed by atoms with E-state index < -0.39 is 5.82 Å². The fourth-order valence-corrected chi connectivity index (χ4v) is 0.750. The molecule has 13 heavy (non-hydrogen) atoms. The van der Waals surface area contributed by atoms with Crippen LogP contribution in [0.4, 0.5) is 4.39 Å². The second-order valence-corrected chi connectivity index (χ2v) is 2.01. The lowest BCUT2D eigenvalue weighted by atomic mass is 10.2. The Balaban J connectivity index is 0.000000671. The number of methoxy groups -OCH3 is 1. The first-order chi connectivity index (χ1) is 6.27. The molecule has 0 fully saturated rings. The molecule has 0 saturated heterocycles. The van der Waals surface area contributed by atoms with Crippen LogP contribution in [0.3, 0.4) is 0 Å². The van der Waals surface area contributed by atoms with Gasteiger partial charge in [-0.3, -0.25) is 4.79 Å². The lowest BCUT2D eigenvalue weighted by molar-refractivity contribution is 0.112. The highest BCUT2D eigenvalue weighted by Gasteiger charge is 2.01. The van der Waals surface area contributed by atoms with Crippen molar-refractivity contribution in [1.29, 1.82) is 0 Å². The first-order valence-corrected chi connectivity index (χ1v) is 4.06. The lowest BCUT2D eigenvalue weighted by Gasteiger charge is -2.00. The number of carbonyl (C=O) groups is 1. The van der Waals surface area contributed by atoms with Crippen molar-refractivity contribution in [2.75, 3.05) is 7.11 Å². The number of carbonyl (C=O) groups excluding carboxylic acids is 1. The minimum Gasteiger partial charge on any atom is -0.494 e. The average Bonchev–Trinajstić information content (AvgIpc) is 2.22. The molecule has 0 aliphatic carbocycles. The molecule has 0 aromatic heterocycles. The number of aldehydes is 1. The molecule has 0 unspecified atom stereocenters. The van der Waals surface area contributed by atoms with E-state index in [9.17, 15) is 9.18 Å². The Morgan fingerprint density at radius 3 is 2.46 bits per heavy atom. The van der Waals surface area contributed by atoms with Gasteiger partial charge in [0.05, 0.1) is 7.11 Å². The van der Waals surface area contributed by atoms with Gasteiger partial charge in [0.1, 0.15) is 6.29 Å². The van der Waals surface area contributed by atoms with Crippen molar-refractivity contribution in [3.05, 3.63) is 29.6 Å². The van der Waals surface area contributed by atoms with Gasteiger partial charge >= 0.3 is 0 Å². The third-order valence-corrected chi connectivity index (χ3v) is 1.31. The van der Waals surface area contributed by atoms with Gasteiger partial charge in [-0.2, -0.15) is 0 Å². The summed E-state index contributed by atoms with van der Waals surface area (Å²) in [7, 11) is 1.35. The van der Waals surface area contributed by atoms with Gasteiger partial charge in [0.25, 0.3) is 0 Å². The van der Waals surface area contributed by atoms with E-state index in [1.807, 2.05) is 13.8 Å². The average molecular weight is 184 g/mol. The monoisotopic (exact) mass is 184 g/mol. The molecule has 1 aromatic rings. The van der Waals surface area contributed by atoms with E-state index in [1.54, 1.807) is 0 Å². The fourth-order valence-electron chi connectivity index (χ4n) is 0.750. The Morgan fingerprint density at radius 2 is 2.00 bits per heavy atom. The van der Waals surface area contributed by atoms with Gasteiger partial charge in [-0.1, -0.05) is 13.8 Å². The Hall–Kier alpha value is -1.38. The van der Waals surface area contributed by atoms with Gasteiger partial charge < -0.3 is 4.74 Å². The van der Waals surface area contributed by atoms with Crippen molar-refractivity contribution in [1.82, 2.24) is 0 Å². The highest BCUT2D eigenvalue weighted by atomic mass is 19.1. The summed E-state index contributed by atoms with van der Waals surface area (Å²) in [5.74, 6) is -0.368. The lowest BCUT2D eigenvalue weighted by Crippen LogP contribution is -1.89. The molecule has 0 radical (unpaired) electrons. The normalized spacial score (nSPS) is 8.31. The molecule has 0 aliphatic rings. The van der Waals surface area contributed by atoms with Crippen LogP contribution < -0.4 is 4.74 Å². The second-order valence-electron chi connectivity index (χ2n) is 2.01. The van der Waals surface area contributed by atoms with Crippen molar-refractivity contribution in [3.8, 4) is 5.75 Å². The molecule has 0 saturated carbocycles. The minimum atomic E-state index is -0.460. The number of ether oxygens (including phenoxy) is 1. The van der Waals surface area contributed by atoms with E-state index in [1.165, 1.54) is 25.3 Å². The van der Waals surface area contributed by atoms with Crippen molar-refractivity contribution in [2.24, 2.45) is 0 Å². The molecule has 0 N–H and O–H groups in total. The van der Waals surface area contributed by atoms with Crippen LogP contribution in [-0.4, -0.2) is 13.4 Å². The van der Waals surface area contributed by atoms with Gasteiger partial charge in [-0.25, -0.2) is 4.39 Å². The van der Waals surface area contributed by atoms with Crippen LogP contribution in [0.25, 0.3) is 0 Å². The SMILES string of the molecule is CC.COc1cc(C=O)ccc1F. The number of halogens is 1. The molecule has 0 heterocycles. The Bertz CT molecular complexity index is 272. The van der Waals surface area contributed by atoms with Crippen LogP contribution in [0.2, 0.25) is 0 Å². The van der Waals surface area contributed by atoms with Gasteiger partial charge in [0.2, 0.25) is 0 Å².